The van der Waals surface area contributed by atoms with Gasteiger partial charge in [-0.25, -0.2) is 8.42 Å². The van der Waals surface area contributed by atoms with E-state index in [0.717, 1.165) is 4.88 Å². The first-order valence-corrected chi connectivity index (χ1v) is 10.2. The summed E-state index contributed by atoms with van der Waals surface area (Å²) in [5.41, 5.74) is 0.714. The molecule has 0 saturated carbocycles. The second-order valence-electron chi connectivity index (χ2n) is 5.44. The molecule has 0 aliphatic rings. The number of thiophene rings is 1. The highest BCUT2D eigenvalue weighted by Gasteiger charge is 2.28. The van der Waals surface area contributed by atoms with Crippen LogP contribution in [-0.4, -0.2) is 13.4 Å². The average Bonchev–Trinajstić information content (AvgIpc) is 3.33. The number of para-hydroxylation sites is 1. The predicted octanol–water partition coefficient (Wildman–Crippen LogP) is 4.98. The van der Waals surface area contributed by atoms with Crippen molar-refractivity contribution in [3.63, 3.8) is 0 Å². The van der Waals surface area contributed by atoms with Gasteiger partial charge in [0.1, 0.15) is 0 Å². The minimum atomic E-state index is -3.82. The van der Waals surface area contributed by atoms with Gasteiger partial charge in [-0.15, -0.1) is 11.3 Å². The molecule has 0 radical (unpaired) electrons. The Kier molecular flexibility index (Phi) is 4.32. The third-order valence-corrected chi connectivity index (χ3v) is 6.20. The molecule has 4 rings (SSSR count). The van der Waals surface area contributed by atoms with E-state index in [1.54, 1.807) is 30.3 Å². The Morgan fingerprint density at radius 2 is 1.58 bits per heavy atom. The van der Waals surface area contributed by atoms with E-state index in [2.05, 4.69) is 10.3 Å². The van der Waals surface area contributed by atoms with E-state index in [-0.39, 0.29) is 21.7 Å². The second-order valence-corrected chi connectivity index (χ2v) is 8.25. The quantitative estimate of drug-likeness (QED) is 0.527. The first-order chi connectivity index (χ1) is 12.6. The van der Waals surface area contributed by atoms with Gasteiger partial charge in [-0.3, -0.25) is 0 Å². The van der Waals surface area contributed by atoms with Crippen LogP contribution in [0.3, 0.4) is 0 Å². The summed E-state index contributed by atoms with van der Waals surface area (Å²) in [5, 5.41) is 4.78. The maximum atomic E-state index is 13.1. The monoisotopic (exact) mass is 382 g/mol. The fourth-order valence-electron chi connectivity index (χ4n) is 2.44. The van der Waals surface area contributed by atoms with Crippen molar-refractivity contribution in [3.05, 3.63) is 78.2 Å². The molecule has 2 aromatic heterocycles. The molecule has 2 heterocycles. The van der Waals surface area contributed by atoms with E-state index in [1.807, 2.05) is 47.8 Å². The first-order valence-electron chi connectivity index (χ1n) is 7.81. The summed E-state index contributed by atoms with van der Waals surface area (Å²) in [6, 6.07) is 21.1. The van der Waals surface area contributed by atoms with Crippen LogP contribution >= 0.6 is 11.3 Å². The van der Waals surface area contributed by atoms with Crippen molar-refractivity contribution >= 4 is 32.7 Å². The summed E-state index contributed by atoms with van der Waals surface area (Å²) >= 11 is 1.43. The van der Waals surface area contributed by atoms with Crippen LogP contribution in [0.15, 0.2) is 92.5 Å². The maximum Gasteiger partial charge on any atom is 0.240 e. The van der Waals surface area contributed by atoms with E-state index in [0.29, 0.717) is 5.69 Å². The minimum Gasteiger partial charge on any atom is -0.418 e. The standard InChI is InChI=1S/C19H14N2O3S2/c22-26(23,15-10-5-2-6-11-15)19-18(20-14-8-3-1-4-9-14)24-17(21-19)16-12-7-13-25-16/h1-13,20H. The first kappa shape index (κ1) is 16.6. The number of hydrogen-bond acceptors (Lipinski definition) is 6. The van der Waals surface area contributed by atoms with Crippen molar-refractivity contribution in [1.29, 1.82) is 0 Å². The fraction of sp³-hybridized carbons (Fsp3) is 0. The molecule has 7 heteroatoms. The molecule has 0 amide bonds. The Labute approximate surface area is 154 Å². The van der Waals surface area contributed by atoms with Gasteiger partial charge in [0.25, 0.3) is 0 Å². The van der Waals surface area contributed by atoms with Gasteiger partial charge < -0.3 is 9.73 Å². The molecule has 0 saturated heterocycles. The Hall–Kier alpha value is -2.90. The van der Waals surface area contributed by atoms with Gasteiger partial charge >= 0.3 is 0 Å². The number of oxazole rings is 1. The highest BCUT2D eigenvalue weighted by atomic mass is 32.2. The van der Waals surface area contributed by atoms with Crippen LogP contribution in [0.25, 0.3) is 10.8 Å². The number of benzene rings is 2. The number of aromatic nitrogens is 1. The SMILES string of the molecule is O=S(=O)(c1ccccc1)c1nc(-c2cccs2)oc1Nc1ccccc1. The van der Waals surface area contributed by atoms with Crippen LogP contribution in [0.4, 0.5) is 11.6 Å². The van der Waals surface area contributed by atoms with Crippen LogP contribution in [-0.2, 0) is 9.84 Å². The van der Waals surface area contributed by atoms with Gasteiger partial charge in [-0.2, -0.15) is 4.98 Å². The summed E-state index contributed by atoms with van der Waals surface area (Å²) in [7, 11) is -3.82. The number of anilines is 2. The lowest BCUT2D eigenvalue weighted by atomic mass is 10.3. The molecule has 1 N–H and O–H groups in total. The lowest BCUT2D eigenvalue weighted by Crippen LogP contribution is -2.05. The highest BCUT2D eigenvalue weighted by Crippen LogP contribution is 2.35. The van der Waals surface area contributed by atoms with Crippen LogP contribution in [0, 0.1) is 0 Å². The highest BCUT2D eigenvalue weighted by molar-refractivity contribution is 7.91. The summed E-state index contributed by atoms with van der Waals surface area (Å²) in [6.07, 6.45) is 0. The number of rotatable bonds is 5. The van der Waals surface area contributed by atoms with Crippen molar-refractivity contribution < 1.29 is 12.8 Å². The van der Waals surface area contributed by atoms with E-state index in [9.17, 15) is 8.42 Å². The van der Waals surface area contributed by atoms with E-state index >= 15 is 0 Å². The summed E-state index contributed by atoms with van der Waals surface area (Å²) in [4.78, 5) is 5.22. The van der Waals surface area contributed by atoms with Gasteiger partial charge in [0.15, 0.2) is 0 Å². The molecule has 0 spiro atoms. The number of sulfone groups is 1. The Balaban J connectivity index is 1.84. The van der Waals surface area contributed by atoms with Crippen molar-refractivity contribution in [3.8, 4) is 10.8 Å². The molecule has 0 aliphatic heterocycles. The van der Waals surface area contributed by atoms with Gasteiger partial charge in [-0.05, 0) is 35.7 Å². The van der Waals surface area contributed by atoms with Crippen molar-refractivity contribution in [1.82, 2.24) is 4.98 Å². The summed E-state index contributed by atoms with van der Waals surface area (Å²) < 4.78 is 31.9. The molecular formula is C19H14N2O3S2. The number of hydrogen-bond donors (Lipinski definition) is 1. The maximum absolute atomic E-state index is 13.1. The smallest absolute Gasteiger partial charge is 0.240 e. The van der Waals surface area contributed by atoms with Gasteiger partial charge in [0, 0.05) is 5.69 Å². The van der Waals surface area contributed by atoms with E-state index in [4.69, 9.17) is 4.42 Å². The number of nitrogens with one attached hydrogen (secondary N) is 1. The van der Waals surface area contributed by atoms with E-state index in [1.165, 1.54) is 11.3 Å². The largest absolute Gasteiger partial charge is 0.418 e. The predicted molar refractivity (Wildman–Crippen MR) is 101 cm³/mol. The average molecular weight is 382 g/mol. The fourth-order valence-corrected chi connectivity index (χ4v) is 4.36. The lowest BCUT2D eigenvalue weighted by molar-refractivity contribution is 0.582. The number of nitrogens with zero attached hydrogens (tertiary/aromatic N) is 1. The Morgan fingerprint density at radius 1 is 0.885 bits per heavy atom. The normalized spacial score (nSPS) is 11.4. The van der Waals surface area contributed by atoms with Crippen LogP contribution in [0.5, 0.6) is 0 Å². The van der Waals surface area contributed by atoms with Crippen LogP contribution in [0.1, 0.15) is 0 Å². The molecular weight excluding hydrogens is 368 g/mol. The Morgan fingerprint density at radius 3 is 2.23 bits per heavy atom. The summed E-state index contributed by atoms with van der Waals surface area (Å²) in [6.45, 7) is 0. The van der Waals surface area contributed by atoms with Crippen molar-refractivity contribution in [2.75, 3.05) is 5.32 Å². The zero-order chi connectivity index (χ0) is 18.0. The van der Waals surface area contributed by atoms with Crippen molar-refractivity contribution in [2.24, 2.45) is 0 Å². The van der Waals surface area contributed by atoms with Gasteiger partial charge in [0.05, 0.1) is 9.77 Å². The molecule has 130 valence electrons. The minimum absolute atomic E-state index is 0.100. The molecule has 0 unspecified atom stereocenters. The van der Waals surface area contributed by atoms with E-state index < -0.39 is 9.84 Å². The summed E-state index contributed by atoms with van der Waals surface area (Å²) in [5.74, 6) is 0.372. The van der Waals surface area contributed by atoms with Gasteiger partial charge in [0.2, 0.25) is 26.6 Å². The molecule has 0 fully saturated rings. The lowest BCUT2D eigenvalue weighted by Gasteiger charge is -2.05. The molecule has 4 aromatic rings. The molecule has 2 aromatic carbocycles. The third kappa shape index (κ3) is 3.14. The molecule has 26 heavy (non-hydrogen) atoms. The third-order valence-electron chi connectivity index (χ3n) is 3.67. The molecule has 0 aliphatic carbocycles. The molecule has 0 atom stereocenters. The second kappa shape index (κ2) is 6.78. The van der Waals surface area contributed by atoms with Crippen LogP contribution in [0.2, 0.25) is 0 Å². The zero-order valence-electron chi connectivity index (χ0n) is 13.5. The topological polar surface area (TPSA) is 72.2 Å². The van der Waals surface area contributed by atoms with Crippen molar-refractivity contribution in [2.45, 2.75) is 9.92 Å². The van der Waals surface area contributed by atoms with Gasteiger partial charge in [-0.1, -0.05) is 42.5 Å². The zero-order valence-corrected chi connectivity index (χ0v) is 15.1. The Bertz CT molecular complexity index is 1100. The molecule has 0 bridgehead atoms. The molecule has 5 nitrogen and oxygen atoms in total. The van der Waals surface area contributed by atoms with Crippen LogP contribution < -0.4 is 5.32 Å².